The molecule has 0 aliphatic heterocycles. The summed E-state index contributed by atoms with van der Waals surface area (Å²) in [5.74, 6) is 0. The van der Waals surface area contributed by atoms with E-state index < -0.39 is 0 Å². The first-order chi connectivity index (χ1) is 20.8. The molecule has 8 aromatic carbocycles. The SMILES string of the molecule is c1ccc2c(N(c3ccc4c(ccc5ccccc54)c3)c3ccc4c(ccc5c6ccccc6sc45)c3)cccc2c1. The molecule has 42 heavy (non-hydrogen) atoms. The van der Waals surface area contributed by atoms with E-state index in [4.69, 9.17) is 0 Å². The molecule has 0 aliphatic rings. The van der Waals surface area contributed by atoms with Crippen LogP contribution in [0.3, 0.4) is 0 Å². The van der Waals surface area contributed by atoms with Crippen molar-refractivity contribution < 1.29 is 0 Å². The molecular formula is C40H25NS. The monoisotopic (exact) mass is 551 g/mol. The summed E-state index contributed by atoms with van der Waals surface area (Å²) in [5.41, 5.74) is 3.48. The zero-order chi connectivity index (χ0) is 27.6. The largest absolute Gasteiger partial charge is 0.310 e. The molecule has 2 heteroatoms. The molecule has 0 amide bonds. The molecule has 0 bridgehead atoms. The fourth-order valence-electron chi connectivity index (χ4n) is 6.61. The van der Waals surface area contributed by atoms with Crippen molar-refractivity contribution in [3.63, 3.8) is 0 Å². The average molecular weight is 552 g/mol. The van der Waals surface area contributed by atoms with Crippen molar-refractivity contribution >= 4 is 91.7 Å². The van der Waals surface area contributed by atoms with Gasteiger partial charge in [-0.05, 0) is 74.1 Å². The second-order valence-electron chi connectivity index (χ2n) is 11.0. The Bertz CT molecular complexity index is 2480. The normalized spacial score (nSPS) is 11.8. The summed E-state index contributed by atoms with van der Waals surface area (Å²) < 4.78 is 2.69. The molecule has 0 spiro atoms. The number of nitrogens with zero attached hydrogens (tertiary/aromatic N) is 1. The summed E-state index contributed by atoms with van der Waals surface area (Å²) in [5, 5.41) is 12.8. The van der Waals surface area contributed by atoms with Crippen molar-refractivity contribution in [1.29, 1.82) is 0 Å². The van der Waals surface area contributed by atoms with E-state index in [-0.39, 0.29) is 0 Å². The average Bonchev–Trinajstić information content (AvgIpc) is 3.44. The van der Waals surface area contributed by atoms with E-state index in [9.17, 15) is 0 Å². The van der Waals surface area contributed by atoms with Gasteiger partial charge in [-0.25, -0.2) is 0 Å². The number of thiophene rings is 1. The Balaban J connectivity index is 1.29. The molecule has 0 fully saturated rings. The lowest BCUT2D eigenvalue weighted by Gasteiger charge is -2.27. The number of hydrogen-bond donors (Lipinski definition) is 0. The van der Waals surface area contributed by atoms with E-state index in [1.165, 1.54) is 68.9 Å². The van der Waals surface area contributed by atoms with E-state index in [1.807, 2.05) is 11.3 Å². The molecule has 1 heterocycles. The molecule has 1 aromatic heterocycles. The molecule has 0 saturated carbocycles. The molecule has 0 saturated heterocycles. The molecule has 1 nitrogen and oxygen atoms in total. The standard InChI is InChI=1S/C40H25NS/c1-3-11-32-27(9-1)16-17-28-24-30(19-22-33(28)32)41(38-14-7-10-26-8-2-4-12-34(26)38)31-20-23-35-29(25-31)18-21-37-36-13-5-6-15-39(36)42-40(35)37/h1-25H. The Hall–Kier alpha value is -5.18. The first kappa shape index (κ1) is 23.5. The molecule has 0 aliphatic carbocycles. The van der Waals surface area contributed by atoms with Gasteiger partial charge < -0.3 is 4.90 Å². The van der Waals surface area contributed by atoms with Crippen LogP contribution in [-0.2, 0) is 0 Å². The van der Waals surface area contributed by atoms with Crippen LogP contribution in [0.1, 0.15) is 0 Å². The number of benzene rings is 8. The Morgan fingerprint density at radius 2 is 0.905 bits per heavy atom. The highest BCUT2D eigenvalue weighted by Gasteiger charge is 2.17. The zero-order valence-corrected chi connectivity index (χ0v) is 23.6. The Labute approximate surface area is 247 Å². The molecular weight excluding hydrogens is 527 g/mol. The Kier molecular flexibility index (Phi) is 5.13. The molecule has 9 aromatic rings. The fourth-order valence-corrected chi connectivity index (χ4v) is 7.85. The number of anilines is 3. The predicted molar refractivity (Wildman–Crippen MR) is 184 cm³/mol. The van der Waals surface area contributed by atoms with Crippen molar-refractivity contribution in [1.82, 2.24) is 0 Å². The van der Waals surface area contributed by atoms with Gasteiger partial charge in [-0.15, -0.1) is 11.3 Å². The smallest absolute Gasteiger partial charge is 0.0540 e. The van der Waals surface area contributed by atoms with E-state index in [1.54, 1.807) is 0 Å². The number of hydrogen-bond acceptors (Lipinski definition) is 2. The van der Waals surface area contributed by atoms with Crippen LogP contribution in [-0.4, -0.2) is 0 Å². The van der Waals surface area contributed by atoms with Gasteiger partial charge in [-0.3, -0.25) is 0 Å². The summed E-state index contributed by atoms with van der Waals surface area (Å²) in [6, 6.07) is 55.6. The van der Waals surface area contributed by atoms with Crippen LogP contribution in [0.5, 0.6) is 0 Å². The minimum atomic E-state index is 1.15. The number of fused-ring (bicyclic) bond motifs is 9. The van der Waals surface area contributed by atoms with Crippen LogP contribution in [0.4, 0.5) is 17.1 Å². The summed E-state index contributed by atoms with van der Waals surface area (Å²) in [6.07, 6.45) is 0. The van der Waals surface area contributed by atoms with Gasteiger partial charge in [0, 0.05) is 36.9 Å². The maximum atomic E-state index is 2.42. The summed E-state index contributed by atoms with van der Waals surface area (Å²) >= 11 is 1.89. The molecule has 0 N–H and O–H groups in total. The molecule has 0 unspecified atom stereocenters. The van der Waals surface area contributed by atoms with Crippen molar-refractivity contribution in [3.05, 3.63) is 152 Å². The van der Waals surface area contributed by atoms with Gasteiger partial charge in [0.1, 0.15) is 0 Å². The second-order valence-corrected chi connectivity index (χ2v) is 12.0. The third-order valence-corrected chi connectivity index (χ3v) is 9.82. The van der Waals surface area contributed by atoms with Crippen molar-refractivity contribution in [2.75, 3.05) is 4.90 Å². The lowest BCUT2D eigenvalue weighted by Crippen LogP contribution is -2.10. The van der Waals surface area contributed by atoms with Gasteiger partial charge in [-0.2, -0.15) is 0 Å². The fraction of sp³-hybridized carbons (Fsp3) is 0. The quantitative estimate of drug-likeness (QED) is 0.197. The molecule has 0 radical (unpaired) electrons. The highest BCUT2D eigenvalue weighted by Crippen LogP contribution is 2.43. The van der Waals surface area contributed by atoms with E-state index >= 15 is 0 Å². The van der Waals surface area contributed by atoms with Gasteiger partial charge in [0.05, 0.1) is 5.69 Å². The Morgan fingerprint density at radius 3 is 1.74 bits per heavy atom. The van der Waals surface area contributed by atoms with E-state index in [2.05, 4.69) is 157 Å². The van der Waals surface area contributed by atoms with Crippen LogP contribution in [0, 0.1) is 0 Å². The highest BCUT2D eigenvalue weighted by atomic mass is 32.1. The number of rotatable bonds is 3. The molecule has 196 valence electrons. The molecule has 0 atom stereocenters. The predicted octanol–water partition coefficient (Wildman–Crippen LogP) is 12.1. The zero-order valence-electron chi connectivity index (χ0n) is 22.8. The third kappa shape index (κ3) is 3.56. The van der Waals surface area contributed by atoms with Gasteiger partial charge in [0.25, 0.3) is 0 Å². The van der Waals surface area contributed by atoms with Crippen molar-refractivity contribution in [3.8, 4) is 0 Å². The maximum Gasteiger partial charge on any atom is 0.0540 e. The second kappa shape index (κ2) is 9.17. The van der Waals surface area contributed by atoms with Crippen molar-refractivity contribution in [2.24, 2.45) is 0 Å². The van der Waals surface area contributed by atoms with Gasteiger partial charge in [-0.1, -0.05) is 115 Å². The van der Waals surface area contributed by atoms with Gasteiger partial charge in [0.2, 0.25) is 0 Å². The van der Waals surface area contributed by atoms with Crippen LogP contribution >= 0.6 is 11.3 Å². The van der Waals surface area contributed by atoms with E-state index in [0.29, 0.717) is 0 Å². The van der Waals surface area contributed by atoms with Crippen LogP contribution in [0.2, 0.25) is 0 Å². The van der Waals surface area contributed by atoms with Gasteiger partial charge in [0.15, 0.2) is 0 Å². The first-order valence-corrected chi connectivity index (χ1v) is 15.2. The highest BCUT2D eigenvalue weighted by molar-refractivity contribution is 7.26. The van der Waals surface area contributed by atoms with Crippen LogP contribution in [0.15, 0.2) is 152 Å². The summed E-state index contributed by atoms with van der Waals surface area (Å²) in [4.78, 5) is 2.42. The third-order valence-electron chi connectivity index (χ3n) is 8.60. The first-order valence-electron chi connectivity index (χ1n) is 14.4. The van der Waals surface area contributed by atoms with Crippen molar-refractivity contribution in [2.45, 2.75) is 0 Å². The summed E-state index contributed by atoms with van der Waals surface area (Å²) in [7, 11) is 0. The lowest BCUT2D eigenvalue weighted by atomic mass is 10.00. The minimum Gasteiger partial charge on any atom is -0.310 e. The van der Waals surface area contributed by atoms with E-state index in [0.717, 1.165) is 11.4 Å². The lowest BCUT2D eigenvalue weighted by molar-refractivity contribution is 1.31. The molecule has 9 rings (SSSR count). The maximum absolute atomic E-state index is 2.42. The summed E-state index contributed by atoms with van der Waals surface area (Å²) in [6.45, 7) is 0. The van der Waals surface area contributed by atoms with Crippen LogP contribution < -0.4 is 4.90 Å². The van der Waals surface area contributed by atoms with Crippen LogP contribution in [0.25, 0.3) is 63.3 Å². The topological polar surface area (TPSA) is 3.24 Å². The van der Waals surface area contributed by atoms with Gasteiger partial charge >= 0.3 is 0 Å². The Morgan fingerprint density at radius 1 is 0.357 bits per heavy atom. The minimum absolute atomic E-state index is 1.15.